The van der Waals surface area contributed by atoms with Crippen molar-refractivity contribution in [2.75, 3.05) is 0 Å². The van der Waals surface area contributed by atoms with E-state index >= 15 is 0 Å². The van der Waals surface area contributed by atoms with Crippen molar-refractivity contribution in [2.24, 2.45) is 0 Å². The molecule has 0 spiro atoms. The van der Waals surface area contributed by atoms with Gasteiger partial charge in [-0.1, -0.05) is 25.0 Å². The van der Waals surface area contributed by atoms with E-state index in [1.165, 1.54) is 37.8 Å². The largest absolute Gasteiger partial charge is 0.392 e. The Hall–Kier alpha value is -1.68. The minimum atomic E-state index is -0.484. The molecule has 0 bridgehead atoms. The number of aromatic nitrogens is 2. The zero-order valence-corrected chi connectivity index (χ0v) is 12.1. The van der Waals surface area contributed by atoms with Gasteiger partial charge in [0.25, 0.3) is 0 Å². The minimum Gasteiger partial charge on any atom is -0.392 e. The van der Waals surface area contributed by atoms with Crippen LogP contribution in [0.3, 0.4) is 0 Å². The quantitative estimate of drug-likeness (QED) is 0.917. The Morgan fingerprint density at radius 2 is 1.86 bits per heavy atom. The van der Waals surface area contributed by atoms with E-state index in [9.17, 15) is 9.50 Å². The maximum atomic E-state index is 12.8. The van der Waals surface area contributed by atoms with Crippen LogP contribution in [0.5, 0.6) is 0 Å². The highest BCUT2D eigenvalue weighted by Gasteiger charge is 2.18. The van der Waals surface area contributed by atoms with E-state index in [1.807, 2.05) is 16.9 Å². The first-order valence-electron chi connectivity index (χ1n) is 7.67. The van der Waals surface area contributed by atoms with Crippen molar-refractivity contribution in [3.8, 4) is 0 Å². The number of benzene rings is 1. The lowest BCUT2D eigenvalue weighted by molar-refractivity contribution is 0.173. The third kappa shape index (κ3) is 3.70. The van der Waals surface area contributed by atoms with Crippen molar-refractivity contribution >= 4 is 0 Å². The van der Waals surface area contributed by atoms with Crippen LogP contribution < -0.4 is 0 Å². The molecule has 3 nitrogen and oxygen atoms in total. The topological polar surface area (TPSA) is 38.0 Å². The summed E-state index contributed by atoms with van der Waals surface area (Å²) < 4.78 is 14.9. The maximum absolute atomic E-state index is 12.8. The third-order valence-electron chi connectivity index (χ3n) is 4.19. The molecular weight excluding hydrogens is 267 g/mol. The van der Waals surface area contributed by atoms with E-state index in [0.29, 0.717) is 18.9 Å². The average Bonchev–Trinajstić information content (AvgIpc) is 3.12. The van der Waals surface area contributed by atoms with Gasteiger partial charge in [-0.15, -0.1) is 0 Å². The molecule has 2 aromatic rings. The van der Waals surface area contributed by atoms with E-state index in [1.54, 1.807) is 12.1 Å². The van der Waals surface area contributed by atoms with Gasteiger partial charge in [-0.2, -0.15) is 5.10 Å². The Kier molecular flexibility index (Phi) is 4.34. The summed E-state index contributed by atoms with van der Waals surface area (Å²) in [6.07, 6.45) is 7.59. The minimum absolute atomic E-state index is 0.247. The molecule has 1 aromatic heterocycles. The second kappa shape index (κ2) is 6.39. The van der Waals surface area contributed by atoms with E-state index in [-0.39, 0.29) is 5.82 Å². The fraction of sp³-hybridized carbons (Fsp3) is 0.471. The summed E-state index contributed by atoms with van der Waals surface area (Å²) >= 11 is 0. The van der Waals surface area contributed by atoms with Gasteiger partial charge in [0.1, 0.15) is 5.82 Å². The third-order valence-corrected chi connectivity index (χ3v) is 4.19. The molecule has 4 heteroatoms. The van der Waals surface area contributed by atoms with Crippen LogP contribution in [0.15, 0.2) is 36.5 Å². The van der Waals surface area contributed by atoms with Gasteiger partial charge in [-0.3, -0.25) is 4.68 Å². The number of hydrogen-bond acceptors (Lipinski definition) is 2. The van der Waals surface area contributed by atoms with E-state index < -0.39 is 6.10 Å². The number of nitrogens with zero attached hydrogens (tertiary/aromatic N) is 2. The van der Waals surface area contributed by atoms with E-state index in [0.717, 1.165) is 11.3 Å². The van der Waals surface area contributed by atoms with Gasteiger partial charge >= 0.3 is 0 Å². The van der Waals surface area contributed by atoms with Crippen LogP contribution in [-0.4, -0.2) is 21.0 Å². The molecule has 0 saturated heterocycles. The Bertz CT molecular complexity index is 573. The highest BCUT2D eigenvalue weighted by molar-refractivity contribution is 5.17. The van der Waals surface area contributed by atoms with Gasteiger partial charge in [0.05, 0.1) is 17.8 Å². The number of aliphatic hydroxyl groups is 1. The van der Waals surface area contributed by atoms with E-state index in [4.69, 9.17) is 0 Å². The summed E-state index contributed by atoms with van der Waals surface area (Å²) in [6.45, 7) is 0. The second-order valence-corrected chi connectivity index (χ2v) is 5.91. The van der Waals surface area contributed by atoms with Gasteiger partial charge in [-0.25, -0.2) is 4.39 Å². The standard InChI is InChI=1S/C17H21FN2O/c18-14-7-5-13(6-8-14)11-17(21)12-15-9-10-20(19-15)16-3-1-2-4-16/h5-10,16-17,21H,1-4,11-12H2. The summed E-state index contributed by atoms with van der Waals surface area (Å²) in [6, 6.07) is 8.82. The van der Waals surface area contributed by atoms with Gasteiger partial charge in [-0.05, 0) is 43.0 Å². The highest BCUT2D eigenvalue weighted by atomic mass is 19.1. The van der Waals surface area contributed by atoms with Crippen LogP contribution in [0.1, 0.15) is 43.0 Å². The lowest BCUT2D eigenvalue weighted by Crippen LogP contribution is -2.15. The SMILES string of the molecule is OC(Cc1ccc(F)cc1)Cc1ccn(C2CCCC2)n1. The van der Waals surface area contributed by atoms with Gasteiger partial charge in [0.2, 0.25) is 0 Å². The Balaban J connectivity index is 1.56. The predicted molar refractivity (Wildman–Crippen MR) is 79.5 cm³/mol. The van der Waals surface area contributed by atoms with Crippen molar-refractivity contribution in [3.05, 3.63) is 53.6 Å². The van der Waals surface area contributed by atoms with Crippen LogP contribution in [0, 0.1) is 5.82 Å². The smallest absolute Gasteiger partial charge is 0.123 e. The molecule has 0 aliphatic heterocycles. The first kappa shape index (κ1) is 14.3. The molecule has 1 atom stereocenters. The monoisotopic (exact) mass is 288 g/mol. The number of halogens is 1. The molecule has 1 heterocycles. The zero-order valence-electron chi connectivity index (χ0n) is 12.1. The van der Waals surface area contributed by atoms with Crippen molar-refractivity contribution in [2.45, 2.75) is 50.7 Å². The molecule has 1 fully saturated rings. The van der Waals surface area contributed by atoms with Crippen molar-refractivity contribution < 1.29 is 9.50 Å². The van der Waals surface area contributed by atoms with Crippen LogP contribution in [-0.2, 0) is 12.8 Å². The average molecular weight is 288 g/mol. The van der Waals surface area contributed by atoms with Gasteiger partial charge < -0.3 is 5.11 Å². The van der Waals surface area contributed by atoms with Crippen molar-refractivity contribution in [3.63, 3.8) is 0 Å². The molecule has 1 aliphatic carbocycles. The summed E-state index contributed by atoms with van der Waals surface area (Å²) in [5.41, 5.74) is 1.87. The lowest BCUT2D eigenvalue weighted by Gasteiger charge is -2.10. The maximum Gasteiger partial charge on any atom is 0.123 e. The zero-order chi connectivity index (χ0) is 14.7. The number of rotatable bonds is 5. The fourth-order valence-corrected chi connectivity index (χ4v) is 3.06. The molecule has 3 rings (SSSR count). The number of hydrogen-bond donors (Lipinski definition) is 1. The molecule has 1 aromatic carbocycles. The van der Waals surface area contributed by atoms with Crippen molar-refractivity contribution in [1.82, 2.24) is 9.78 Å². The Morgan fingerprint density at radius 3 is 2.57 bits per heavy atom. The molecule has 1 unspecified atom stereocenters. The summed E-state index contributed by atoms with van der Waals surface area (Å²) in [7, 11) is 0. The molecule has 21 heavy (non-hydrogen) atoms. The van der Waals surface area contributed by atoms with Crippen molar-refractivity contribution in [1.29, 1.82) is 0 Å². The summed E-state index contributed by atoms with van der Waals surface area (Å²) in [5.74, 6) is -0.247. The second-order valence-electron chi connectivity index (χ2n) is 5.91. The molecule has 1 N–H and O–H groups in total. The normalized spacial score (nSPS) is 17.2. The van der Waals surface area contributed by atoms with Crippen LogP contribution >= 0.6 is 0 Å². The van der Waals surface area contributed by atoms with Gasteiger partial charge in [0.15, 0.2) is 0 Å². The van der Waals surface area contributed by atoms with Crippen LogP contribution in [0.25, 0.3) is 0 Å². The highest BCUT2D eigenvalue weighted by Crippen LogP contribution is 2.28. The van der Waals surface area contributed by atoms with Gasteiger partial charge in [0, 0.05) is 12.6 Å². The van der Waals surface area contributed by atoms with E-state index in [2.05, 4.69) is 5.10 Å². The summed E-state index contributed by atoms with van der Waals surface area (Å²) in [5, 5.41) is 14.7. The van der Waals surface area contributed by atoms with Crippen LogP contribution in [0.4, 0.5) is 4.39 Å². The Labute approximate surface area is 124 Å². The lowest BCUT2D eigenvalue weighted by atomic mass is 10.0. The predicted octanol–water partition coefficient (Wildman–Crippen LogP) is 3.28. The van der Waals surface area contributed by atoms with Crippen LogP contribution in [0.2, 0.25) is 0 Å². The molecule has 1 saturated carbocycles. The number of aliphatic hydroxyl groups excluding tert-OH is 1. The Morgan fingerprint density at radius 1 is 1.14 bits per heavy atom. The molecule has 1 aliphatic rings. The molecular formula is C17H21FN2O. The first-order valence-corrected chi connectivity index (χ1v) is 7.67. The fourth-order valence-electron chi connectivity index (χ4n) is 3.06. The summed E-state index contributed by atoms with van der Waals surface area (Å²) in [4.78, 5) is 0. The molecule has 0 radical (unpaired) electrons. The molecule has 0 amide bonds. The molecule has 112 valence electrons. The first-order chi connectivity index (χ1) is 10.2.